The number of nitrogens with zero attached hydrogens (tertiary/aromatic N) is 1. The number of benzene rings is 2. The number of hydrogen-bond acceptors (Lipinski definition) is 5. The van der Waals surface area contributed by atoms with Crippen molar-refractivity contribution in [3.63, 3.8) is 0 Å². The van der Waals surface area contributed by atoms with Gasteiger partial charge < -0.3 is 19.1 Å². The van der Waals surface area contributed by atoms with Crippen LogP contribution in [0.1, 0.15) is 5.56 Å². The Kier molecular flexibility index (Phi) is 4.67. The third-order valence-electron chi connectivity index (χ3n) is 3.70. The largest absolute Gasteiger partial charge is 0.497 e. The van der Waals surface area contributed by atoms with Crippen LogP contribution in [0.2, 0.25) is 0 Å². The number of aliphatic hydroxyl groups is 1. The van der Waals surface area contributed by atoms with Crippen LogP contribution in [0.5, 0.6) is 11.5 Å². The van der Waals surface area contributed by atoms with Crippen molar-refractivity contribution in [1.82, 2.24) is 5.16 Å². The number of methoxy groups -OCH3 is 2. The van der Waals surface area contributed by atoms with Crippen molar-refractivity contribution < 1.29 is 27.9 Å². The molecule has 0 unspecified atom stereocenters. The fraction of sp³-hybridized carbons (Fsp3) is 0.167. The predicted molar refractivity (Wildman–Crippen MR) is 86.3 cm³/mol. The van der Waals surface area contributed by atoms with Crippen LogP contribution in [0.15, 0.2) is 40.9 Å². The highest BCUT2D eigenvalue weighted by atomic mass is 19.1. The van der Waals surface area contributed by atoms with Gasteiger partial charge in [-0.3, -0.25) is 0 Å². The molecule has 0 atom stereocenters. The van der Waals surface area contributed by atoms with E-state index in [0.29, 0.717) is 22.6 Å². The average molecular weight is 347 g/mol. The van der Waals surface area contributed by atoms with E-state index in [-0.39, 0.29) is 17.0 Å². The van der Waals surface area contributed by atoms with Gasteiger partial charge in [0.05, 0.1) is 26.4 Å². The van der Waals surface area contributed by atoms with Crippen LogP contribution in [0.25, 0.3) is 22.6 Å². The number of aliphatic hydroxyl groups excluding tert-OH is 1. The second-order valence-electron chi connectivity index (χ2n) is 5.26. The normalized spacial score (nSPS) is 10.8. The summed E-state index contributed by atoms with van der Waals surface area (Å²) in [5.41, 5.74) is 1.19. The average Bonchev–Trinajstić information content (AvgIpc) is 3.04. The molecule has 0 radical (unpaired) electrons. The van der Waals surface area contributed by atoms with E-state index in [1.807, 2.05) is 0 Å². The van der Waals surface area contributed by atoms with Crippen molar-refractivity contribution >= 4 is 0 Å². The summed E-state index contributed by atoms with van der Waals surface area (Å²) in [7, 11) is 3.01. The van der Waals surface area contributed by atoms with Gasteiger partial charge in [0.1, 0.15) is 28.8 Å². The van der Waals surface area contributed by atoms with Crippen LogP contribution in [0, 0.1) is 11.6 Å². The Labute approximate surface area is 142 Å². The maximum atomic E-state index is 13.5. The molecule has 0 spiro atoms. The molecular formula is C18H15F2NO4. The highest BCUT2D eigenvalue weighted by Crippen LogP contribution is 2.36. The van der Waals surface area contributed by atoms with E-state index in [9.17, 15) is 13.9 Å². The number of hydrogen-bond donors (Lipinski definition) is 1. The predicted octanol–water partition coefficient (Wildman–Crippen LogP) is 3.80. The van der Waals surface area contributed by atoms with Crippen molar-refractivity contribution in [2.45, 2.75) is 6.61 Å². The van der Waals surface area contributed by atoms with E-state index in [4.69, 9.17) is 14.0 Å². The van der Waals surface area contributed by atoms with E-state index in [0.717, 1.165) is 18.2 Å². The minimum Gasteiger partial charge on any atom is -0.497 e. The van der Waals surface area contributed by atoms with Gasteiger partial charge in [-0.15, -0.1) is 0 Å². The van der Waals surface area contributed by atoms with E-state index in [1.54, 1.807) is 18.2 Å². The molecule has 25 heavy (non-hydrogen) atoms. The first kappa shape index (κ1) is 16.9. The number of aromatic nitrogens is 1. The van der Waals surface area contributed by atoms with Gasteiger partial charge in [0, 0.05) is 23.3 Å². The van der Waals surface area contributed by atoms with Gasteiger partial charge in [-0.25, -0.2) is 8.78 Å². The van der Waals surface area contributed by atoms with Crippen LogP contribution < -0.4 is 9.47 Å². The van der Waals surface area contributed by atoms with Crippen LogP contribution in [-0.4, -0.2) is 24.5 Å². The summed E-state index contributed by atoms with van der Waals surface area (Å²) in [4.78, 5) is 0. The Morgan fingerprint density at radius 1 is 0.920 bits per heavy atom. The maximum Gasteiger partial charge on any atom is 0.173 e. The van der Waals surface area contributed by atoms with Gasteiger partial charge in [-0.1, -0.05) is 5.16 Å². The first-order chi connectivity index (χ1) is 12.0. The molecule has 0 saturated carbocycles. The zero-order valence-corrected chi connectivity index (χ0v) is 13.5. The first-order valence-corrected chi connectivity index (χ1v) is 7.35. The molecule has 2 aromatic carbocycles. The molecule has 1 heterocycles. The number of halogens is 2. The lowest BCUT2D eigenvalue weighted by molar-refractivity contribution is 0.281. The van der Waals surface area contributed by atoms with Gasteiger partial charge in [0.25, 0.3) is 0 Å². The SMILES string of the molecule is COc1cc(OC)cc(-c2onc(-c3cc(F)cc(F)c3)c2CO)c1. The molecule has 7 heteroatoms. The molecule has 0 saturated heterocycles. The minimum absolute atomic E-state index is 0.165. The lowest BCUT2D eigenvalue weighted by atomic mass is 10.0. The van der Waals surface area contributed by atoms with E-state index < -0.39 is 18.2 Å². The fourth-order valence-corrected chi connectivity index (χ4v) is 2.54. The highest BCUT2D eigenvalue weighted by Gasteiger charge is 2.20. The molecule has 0 amide bonds. The smallest absolute Gasteiger partial charge is 0.173 e. The molecule has 0 fully saturated rings. The molecule has 0 aliphatic heterocycles. The lowest BCUT2D eigenvalue weighted by Gasteiger charge is -2.07. The Hall–Kier alpha value is -2.93. The molecule has 1 aromatic heterocycles. The molecule has 5 nitrogen and oxygen atoms in total. The minimum atomic E-state index is -0.744. The van der Waals surface area contributed by atoms with Crippen LogP contribution in [0.3, 0.4) is 0 Å². The first-order valence-electron chi connectivity index (χ1n) is 7.35. The van der Waals surface area contributed by atoms with Crippen LogP contribution in [-0.2, 0) is 6.61 Å². The van der Waals surface area contributed by atoms with Crippen LogP contribution >= 0.6 is 0 Å². The Morgan fingerprint density at radius 2 is 1.52 bits per heavy atom. The summed E-state index contributed by atoms with van der Waals surface area (Å²) in [5.74, 6) is -0.182. The second-order valence-corrected chi connectivity index (χ2v) is 5.26. The van der Waals surface area contributed by atoms with Gasteiger partial charge in [-0.2, -0.15) is 0 Å². The highest BCUT2D eigenvalue weighted by molar-refractivity contribution is 5.74. The Morgan fingerprint density at radius 3 is 2.04 bits per heavy atom. The molecule has 130 valence electrons. The van der Waals surface area contributed by atoms with Gasteiger partial charge in [-0.05, 0) is 24.3 Å². The lowest BCUT2D eigenvalue weighted by Crippen LogP contribution is -1.92. The summed E-state index contributed by atoms with van der Waals surface area (Å²) in [6.07, 6.45) is 0. The topological polar surface area (TPSA) is 64.7 Å². The quantitative estimate of drug-likeness (QED) is 0.761. The number of ether oxygens (including phenoxy) is 2. The van der Waals surface area contributed by atoms with E-state index in [1.165, 1.54) is 14.2 Å². The zero-order valence-electron chi connectivity index (χ0n) is 13.5. The molecule has 3 rings (SSSR count). The monoisotopic (exact) mass is 347 g/mol. The summed E-state index contributed by atoms with van der Waals surface area (Å²) >= 11 is 0. The van der Waals surface area contributed by atoms with Crippen molar-refractivity contribution in [1.29, 1.82) is 0 Å². The molecular weight excluding hydrogens is 332 g/mol. The van der Waals surface area contributed by atoms with Gasteiger partial charge in [0.2, 0.25) is 0 Å². The maximum absolute atomic E-state index is 13.5. The molecule has 0 aliphatic rings. The summed E-state index contributed by atoms with van der Waals surface area (Å²) in [6, 6.07) is 8.04. The molecule has 1 N–H and O–H groups in total. The standard InChI is InChI=1S/C18H15F2NO4/c1-23-14-5-11(6-15(8-14)24-2)18-16(9-22)17(21-25-18)10-3-12(19)7-13(20)4-10/h3-8,22H,9H2,1-2H3. The molecule has 3 aromatic rings. The third kappa shape index (κ3) is 3.32. The van der Waals surface area contributed by atoms with Crippen molar-refractivity contribution in [2.75, 3.05) is 14.2 Å². The van der Waals surface area contributed by atoms with Crippen molar-refractivity contribution in [2.24, 2.45) is 0 Å². The zero-order chi connectivity index (χ0) is 18.0. The summed E-state index contributed by atoms with van der Waals surface area (Å²) < 4.78 is 42.7. The van der Waals surface area contributed by atoms with E-state index >= 15 is 0 Å². The summed E-state index contributed by atoms with van der Waals surface area (Å²) in [6.45, 7) is -0.425. The van der Waals surface area contributed by atoms with E-state index in [2.05, 4.69) is 5.16 Å². The third-order valence-corrected chi connectivity index (χ3v) is 3.70. The molecule has 0 aliphatic carbocycles. The van der Waals surface area contributed by atoms with Gasteiger partial charge >= 0.3 is 0 Å². The second kappa shape index (κ2) is 6.90. The van der Waals surface area contributed by atoms with Crippen molar-refractivity contribution in [3.05, 3.63) is 53.6 Å². The molecule has 0 bridgehead atoms. The summed E-state index contributed by atoms with van der Waals surface area (Å²) in [5, 5.41) is 13.6. The van der Waals surface area contributed by atoms with Crippen LogP contribution in [0.4, 0.5) is 8.78 Å². The number of rotatable bonds is 5. The van der Waals surface area contributed by atoms with Crippen molar-refractivity contribution in [3.8, 4) is 34.1 Å². The Balaban J connectivity index is 2.15. The fourth-order valence-electron chi connectivity index (χ4n) is 2.54. The van der Waals surface area contributed by atoms with Gasteiger partial charge in [0.15, 0.2) is 5.76 Å². The Bertz CT molecular complexity index is 866.